The first-order valence-corrected chi connectivity index (χ1v) is 14.6. The average molecular weight is 579 g/mol. The van der Waals surface area contributed by atoms with Crippen molar-refractivity contribution in [2.24, 2.45) is 0 Å². The third-order valence-corrected chi connectivity index (χ3v) is 7.97. The van der Waals surface area contributed by atoms with Gasteiger partial charge in [0.1, 0.15) is 0 Å². The fourth-order valence-electron chi connectivity index (χ4n) is 5.63. The van der Waals surface area contributed by atoms with E-state index in [-0.39, 0.29) is 29.2 Å². The number of benzene rings is 2. The molecule has 0 spiro atoms. The molecule has 3 heterocycles. The number of piperidine rings is 1. The number of carbonyl (C=O) groups excluding carboxylic acids is 1. The van der Waals surface area contributed by atoms with Crippen molar-refractivity contribution in [3.63, 3.8) is 0 Å². The minimum atomic E-state index is -0.421. The molecule has 5 rings (SSSR count). The molecule has 4 aromatic rings. The number of nitrogens with zero attached hydrogens (tertiary/aromatic N) is 5. The third kappa shape index (κ3) is 6.34. The van der Waals surface area contributed by atoms with Gasteiger partial charge in [-0.15, -0.1) is 0 Å². The van der Waals surface area contributed by atoms with Crippen LogP contribution >= 0.6 is 0 Å². The van der Waals surface area contributed by atoms with Gasteiger partial charge in [0.05, 0.1) is 11.4 Å². The zero-order valence-corrected chi connectivity index (χ0v) is 25.1. The lowest BCUT2D eigenvalue weighted by Crippen LogP contribution is -2.49. The highest BCUT2D eigenvalue weighted by molar-refractivity contribution is 5.84. The van der Waals surface area contributed by atoms with Crippen LogP contribution in [0, 0.1) is 0 Å². The molecule has 1 fully saturated rings. The number of carbonyl (C=O) groups is 1. The Kier molecular flexibility index (Phi) is 8.96. The zero-order chi connectivity index (χ0) is 30.5. The number of H-pyrrole nitrogens is 1. The number of aromatic nitrogens is 4. The molecule has 43 heavy (non-hydrogen) atoms. The number of rotatable bonds is 7. The molecule has 0 aliphatic carbocycles. The van der Waals surface area contributed by atoms with E-state index < -0.39 is 5.56 Å². The Bertz CT molecular complexity index is 1720. The number of hydrogen-bond donors (Lipinski definition) is 3. The summed E-state index contributed by atoms with van der Waals surface area (Å²) in [6.07, 6.45) is 5.84. The number of anilines is 1. The summed E-state index contributed by atoms with van der Waals surface area (Å²) >= 11 is 0. The summed E-state index contributed by atoms with van der Waals surface area (Å²) in [7, 11) is 1.68. The number of urea groups is 1. The molecule has 10 nitrogen and oxygen atoms in total. The molecule has 1 aliphatic rings. The molecule has 0 unspecified atom stereocenters. The van der Waals surface area contributed by atoms with Crippen LogP contribution in [0.5, 0.6) is 0 Å². The number of nitrogen functional groups attached to an aromatic ring is 1. The molecular formula is C33H38N8O2. The van der Waals surface area contributed by atoms with Gasteiger partial charge in [0.25, 0.3) is 5.56 Å². The van der Waals surface area contributed by atoms with Gasteiger partial charge in [-0.1, -0.05) is 66.7 Å². The molecule has 0 saturated carbocycles. The van der Waals surface area contributed by atoms with E-state index in [1.54, 1.807) is 7.05 Å². The van der Waals surface area contributed by atoms with Crippen molar-refractivity contribution in [2.45, 2.75) is 46.2 Å². The van der Waals surface area contributed by atoms with Gasteiger partial charge in [-0.2, -0.15) is 4.98 Å². The van der Waals surface area contributed by atoms with Crippen LogP contribution in [0.3, 0.4) is 0 Å². The van der Waals surface area contributed by atoms with Gasteiger partial charge >= 0.3 is 6.03 Å². The first kappa shape index (κ1) is 29.7. The average Bonchev–Trinajstić information content (AvgIpc) is 3.03. The Morgan fingerprint density at radius 1 is 1.00 bits per heavy atom. The largest absolute Gasteiger partial charge is 0.369 e. The van der Waals surface area contributed by atoms with Crippen LogP contribution in [0.25, 0.3) is 33.7 Å². The van der Waals surface area contributed by atoms with Gasteiger partial charge < -0.3 is 11.1 Å². The van der Waals surface area contributed by atoms with Gasteiger partial charge in [0, 0.05) is 49.5 Å². The van der Waals surface area contributed by atoms with Crippen LogP contribution in [-0.2, 0) is 6.54 Å². The summed E-state index contributed by atoms with van der Waals surface area (Å²) in [6.45, 7) is 8.61. The predicted molar refractivity (Wildman–Crippen MR) is 171 cm³/mol. The fraction of sp³-hybridized carbons (Fsp3) is 0.303. The number of fused-ring (bicyclic) bond motifs is 1. The second-order valence-corrected chi connectivity index (χ2v) is 10.7. The Morgan fingerprint density at radius 2 is 1.65 bits per heavy atom. The summed E-state index contributed by atoms with van der Waals surface area (Å²) in [5.74, 6) is 0.00155. The minimum Gasteiger partial charge on any atom is -0.369 e. The van der Waals surface area contributed by atoms with E-state index in [2.05, 4.69) is 37.3 Å². The summed E-state index contributed by atoms with van der Waals surface area (Å²) in [6, 6.07) is 18.0. The molecule has 222 valence electrons. The van der Waals surface area contributed by atoms with E-state index in [4.69, 9.17) is 10.7 Å². The molecule has 2 aromatic heterocycles. The fourth-order valence-corrected chi connectivity index (χ4v) is 5.63. The Morgan fingerprint density at radius 3 is 2.28 bits per heavy atom. The van der Waals surface area contributed by atoms with Crippen LogP contribution in [0.4, 0.5) is 10.7 Å². The number of aromatic amines is 1. The molecule has 1 aliphatic heterocycles. The summed E-state index contributed by atoms with van der Waals surface area (Å²) in [5, 5.41) is 2.82. The monoisotopic (exact) mass is 578 g/mol. The Labute approximate surface area is 251 Å². The topological polar surface area (TPSA) is 133 Å². The van der Waals surface area contributed by atoms with Crippen LogP contribution in [0.2, 0.25) is 0 Å². The van der Waals surface area contributed by atoms with E-state index >= 15 is 0 Å². The molecule has 10 heteroatoms. The highest BCUT2D eigenvalue weighted by Gasteiger charge is 2.30. The lowest BCUT2D eigenvalue weighted by molar-refractivity contribution is 0.136. The van der Waals surface area contributed by atoms with Gasteiger partial charge in [0.2, 0.25) is 5.95 Å². The highest BCUT2D eigenvalue weighted by Crippen LogP contribution is 2.31. The second kappa shape index (κ2) is 13.0. The van der Waals surface area contributed by atoms with Crippen molar-refractivity contribution in [1.82, 2.24) is 35.1 Å². The van der Waals surface area contributed by atoms with E-state index in [1.165, 1.54) is 5.56 Å². The Hall–Kier alpha value is -4.83. The molecule has 1 saturated heterocycles. The van der Waals surface area contributed by atoms with Crippen molar-refractivity contribution < 1.29 is 4.79 Å². The minimum absolute atomic E-state index is 0.00155. The highest BCUT2D eigenvalue weighted by atomic mass is 16.2. The maximum Gasteiger partial charge on any atom is 0.321 e. The summed E-state index contributed by atoms with van der Waals surface area (Å²) in [4.78, 5) is 45.9. The standard InChI is InChI=1S/C33H38N8O2/c1-5-21(3)26(6-2)41(33(43)35-4)25-16-18-40(19-17-25)20-22-12-14-24(15-13-22)28-27(23-10-8-7-9-11-23)36-29-30(37-28)38-32(34)39-31(29)42/h5-15,25H,16-20H2,1-4H3,(H,35,43)(H3,34,37,38,39,42)/b21-5-,26-6+. The quantitative estimate of drug-likeness (QED) is 0.260. The molecule has 0 bridgehead atoms. The van der Waals surface area contributed by atoms with Gasteiger partial charge in [-0.05, 0) is 44.7 Å². The smallest absolute Gasteiger partial charge is 0.321 e. The molecule has 0 radical (unpaired) electrons. The molecule has 4 N–H and O–H groups in total. The van der Waals surface area contributed by atoms with E-state index in [0.717, 1.165) is 54.9 Å². The first-order valence-electron chi connectivity index (χ1n) is 14.6. The second-order valence-electron chi connectivity index (χ2n) is 10.7. The normalized spacial score (nSPS) is 15.1. The number of nitrogens with two attached hydrogens (primary N) is 1. The molecule has 2 aromatic carbocycles. The summed E-state index contributed by atoms with van der Waals surface area (Å²) < 4.78 is 0. The lowest BCUT2D eigenvalue weighted by Gasteiger charge is -2.39. The number of likely N-dealkylation sites (tertiary alicyclic amines) is 1. The first-order chi connectivity index (χ1) is 20.8. The van der Waals surface area contributed by atoms with Crippen molar-refractivity contribution in [3.8, 4) is 22.5 Å². The summed E-state index contributed by atoms with van der Waals surface area (Å²) in [5.41, 5.74) is 11.9. The van der Waals surface area contributed by atoms with Crippen LogP contribution in [0.1, 0.15) is 39.2 Å². The van der Waals surface area contributed by atoms with Gasteiger partial charge in [0.15, 0.2) is 11.2 Å². The number of amides is 2. The van der Waals surface area contributed by atoms with Gasteiger partial charge in [-0.25, -0.2) is 14.8 Å². The van der Waals surface area contributed by atoms with Crippen molar-refractivity contribution in [2.75, 3.05) is 25.9 Å². The van der Waals surface area contributed by atoms with Gasteiger partial charge in [-0.3, -0.25) is 19.6 Å². The predicted octanol–water partition coefficient (Wildman–Crippen LogP) is 5.11. The van der Waals surface area contributed by atoms with Crippen LogP contribution in [0.15, 0.2) is 82.8 Å². The molecule has 2 amide bonds. The maximum absolute atomic E-state index is 12.9. The maximum atomic E-state index is 12.9. The molecule has 0 atom stereocenters. The van der Waals surface area contributed by atoms with E-state index in [9.17, 15) is 9.59 Å². The van der Waals surface area contributed by atoms with E-state index in [0.29, 0.717) is 11.4 Å². The number of allylic oxidation sites excluding steroid dienone is 3. The van der Waals surface area contributed by atoms with Crippen molar-refractivity contribution in [3.05, 3.63) is 93.9 Å². The SMILES string of the molecule is C/C=C(C)\C(=C/C)N(C(=O)NC)C1CCN(Cc2ccc(-c3nc4nc(N)[nH]c(=O)c4nc3-c3ccccc3)cc2)CC1. The Balaban J connectivity index is 1.35. The third-order valence-electron chi connectivity index (χ3n) is 7.97. The lowest BCUT2D eigenvalue weighted by atomic mass is 9.99. The molecular weight excluding hydrogens is 540 g/mol. The number of hydrogen-bond acceptors (Lipinski definition) is 7. The number of nitrogens with one attached hydrogen (secondary N) is 2. The van der Waals surface area contributed by atoms with Crippen molar-refractivity contribution in [1.29, 1.82) is 0 Å². The van der Waals surface area contributed by atoms with Crippen molar-refractivity contribution >= 4 is 23.1 Å². The zero-order valence-electron chi connectivity index (χ0n) is 25.1. The van der Waals surface area contributed by atoms with E-state index in [1.807, 2.05) is 80.3 Å². The van der Waals surface area contributed by atoms with Crippen LogP contribution in [-0.4, -0.2) is 61.9 Å². The van der Waals surface area contributed by atoms with Crippen LogP contribution < -0.4 is 16.6 Å².